The van der Waals surface area contributed by atoms with Crippen molar-refractivity contribution >= 4 is 27.5 Å². The zero-order valence-corrected chi connectivity index (χ0v) is 8.24. The van der Waals surface area contributed by atoms with E-state index in [0.29, 0.717) is 0 Å². The van der Waals surface area contributed by atoms with Crippen molar-refractivity contribution in [2.24, 2.45) is 5.73 Å². The second kappa shape index (κ2) is 6.01. The van der Waals surface area contributed by atoms with Crippen molar-refractivity contribution in [2.45, 2.75) is 19.0 Å². The molecule has 60 valence electrons. The highest BCUT2D eigenvalue weighted by Crippen LogP contribution is 2.02. The molecule has 3 N–H and O–H groups in total. The van der Waals surface area contributed by atoms with Crippen LogP contribution in [0.15, 0.2) is 11.8 Å². The molecule has 0 radical (unpaired) electrons. The van der Waals surface area contributed by atoms with Crippen molar-refractivity contribution in [1.82, 2.24) is 5.32 Å². The Morgan fingerprint density at radius 2 is 2.50 bits per heavy atom. The molecular weight excluding hydrogens is 215 g/mol. The van der Waals surface area contributed by atoms with Gasteiger partial charge in [0.15, 0.2) is 5.62 Å². The van der Waals surface area contributed by atoms with Gasteiger partial charge in [0, 0.05) is 5.33 Å². The fourth-order valence-corrected chi connectivity index (χ4v) is 1.05. The molecule has 0 heterocycles. The van der Waals surface area contributed by atoms with E-state index in [0.717, 1.165) is 11.8 Å². The van der Waals surface area contributed by atoms with Crippen molar-refractivity contribution in [3.8, 4) is 0 Å². The molecule has 0 aromatic heterocycles. The molecule has 0 aliphatic rings. The Labute approximate surface area is 74.9 Å². The maximum absolute atomic E-state index is 5.44. The summed E-state index contributed by atoms with van der Waals surface area (Å²) in [4.78, 5) is 0. The van der Waals surface area contributed by atoms with Crippen LogP contribution in [0.1, 0.15) is 13.3 Å². The number of hydrogen-bond acceptors (Lipinski definition) is 2. The molecule has 0 aromatic carbocycles. The first-order chi connectivity index (χ1) is 4.70. The summed E-state index contributed by atoms with van der Waals surface area (Å²) in [7, 11) is 0. The average Bonchev–Trinajstić information content (AvgIpc) is 1.90. The molecule has 0 spiro atoms. The Bertz CT molecular complexity index is 108. The van der Waals surface area contributed by atoms with E-state index in [2.05, 4.69) is 28.2 Å². The molecule has 1 unspecified atom stereocenters. The normalized spacial score (nSPS) is 15.0. The predicted molar refractivity (Wildman–Crippen MR) is 49.1 cm³/mol. The number of halogens is 2. The lowest BCUT2D eigenvalue weighted by molar-refractivity contribution is 0.797. The van der Waals surface area contributed by atoms with E-state index in [-0.39, 0.29) is 0 Å². The Morgan fingerprint density at radius 1 is 1.90 bits per heavy atom. The van der Waals surface area contributed by atoms with E-state index in [1.807, 2.05) is 6.20 Å². The van der Waals surface area contributed by atoms with Crippen LogP contribution in [0, 0.1) is 0 Å². The third-order valence-corrected chi connectivity index (χ3v) is 1.92. The number of rotatable bonds is 4. The van der Waals surface area contributed by atoms with Crippen LogP contribution in [0.2, 0.25) is 0 Å². The lowest BCUT2D eigenvalue weighted by Gasteiger charge is -2.04. The minimum atomic E-state index is -0.486. The summed E-state index contributed by atoms with van der Waals surface area (Å²) in [6.45, 7) is 2.08. The molecule has 1 atom stereocenters. The number of allylic oxidation sites excluding steroid dienone is 1. The van der Waals surface area contributed by atoms with Gasteiger partial charge in [-0.3, -0.25) is 5.73 Å². The summed E-state index contributed by atoms with van der Waals surface area (Å²) in [5, 5.41) is 3.66. The summed E-state index contributed by atoms with van der Waals surface area (Å²) in [5.74, 6) is 0. The summed E-state index contributed by atoms with van der Waals surface area (Å²) in [6, 6.07) is 0. The number of nitrogens with two attached hydrogens (primary N) is 1. The lowest BCUT2D eigenvalue weighted by atomic mass is 10.3. The molecule has 2 nitrogen and oxygen atoms in total. The first-order valence-corrected chi connectivity index (χ1v) is 4.66. The van der Waals surface area contributed by atoms with Crippen LogP contribution in [0.3, 0.4) is 0 Å². The minimum absolute atomic E-state index is 0.486. The Hall–Kier alpha value is 0.270. The fraction of sp³-hybridized carbons (Fsp3) is 0.667. The van der Waals surface area contributed by atoms with Gasteiger partial charge in [0.05, 0.1) is 0 Å². The third kappa shape index (κ3) is 5.09. The molecule has 0 aromatic rings. The standard InChI is InChI=1S/C6H12BrClN2/c1-2-5(3-7)4-10-6(8)9/h4,6,10H,2-3,9H2,1H3/b5-4+. The highest BCUT2D eigenvalue weighted by Gasteiger charge is 1.92. The van der Waals surface area contributed by atoms with Gasteiger partial charge in [-0.05, 0) is 18.2 Å². The van der Waals surface area contributed by atoms with E-state index in [4.69, 9.17) is 17.3 Å². The Kier molecular flexibility index (Phi) is 6.17. The highest BCUT2D eigenvalue weighted by atomic mass is 79.9. The zero-order chi connectivity index (χ0) is 7.98. The topological polar surface area (TPSA) is 38.0 Å². The zero-order valence-electron chi connectivity index (χ0n) is 5.90. The van der Waals surface area contributed by atoms with Crippen LogP contribution in [-0.4, -0.2) is 11.0 Å². The Balaban J connectivity index is 3.63. The van der Waals surface area contributed by atoms with Gasteiger partial charge >= 0.3 is 0 Å². The monoisotopic (exact) mass is 226 g/mol. The molecule has 0 aliphatic carbocycles. The number of nitrogens with one attached hydrogen (secondary N) is 1. The van der Waals surface area contributed by atoms with Crippen LogP contribution < -0.4 is 11.1 Å². The molecule has 0 fully saturated rings. The predicted octanol–water partition coefficient (Wildman–Crippen LogP) is 1.75. The van der Waals surface area contributed by atoms with E-state index in [1.165, 1.54) is 5.57 Å². The molecule has 0 amide bonds. The molecule has 4 heteroatoms. The van der Waals surface area contributed by atoms with Gasteiger partial charge in [0.2, 0.25) is 0 Å². The molecule has 0 bridgehead atoms. The van der Waals surface area contributed by atoms with Crippen molar-refractivity contribution in [3.05, 3.63) is 11.8 Å². The van der Waals surface area contributed by atoms with E-state index < -0.39 is 5.62 Å². The summed E-state index contributed by atoms with van der Waals surface area (Å²) in [5.41, 5.74) is 6.01. The van der Waals surface area contributed by atoms with Gasteiger partial charge < -0.3 is 5.32 Å². The minimum Gasteiger partial charge on any atom is -0.364 e. The van der Waals surface area contributed by atoms with Gasteiger partial charge in [-0.15, -0.1) is 0 Å². The smallest absolute Gasteiger partial charge is 0.152 e. The highest BCUT2D eigenvalue weighted by molar-refractivity contribution is 9.09. The van der Waals surface area contributed by atoms with Crippen molar-refractivity contribution in [3.63, 3.8) is 0 Å². The Morgan fingerprint density at radius 3 is 2.80 bits per heavy atom. The van der Waals surface area contributed by atoms with Crippen LogP contribution in [0.5, 0.6) is 0 Å². The molecular formula is C6H12BrClN2. The SMILES string of the molecule is CC/C(=C\NC(N)Cl)CBr. The van der Waals surface area contributed by atoms with E-state index in [1.54, 1.807) is 0 Å². The first-order valence-electron chi connectivity index (χ1n) is 3.10. The van der Waals surface area contributed by atoms with E-state index in [9.17, 15) is 0 Å². The molecule has 10 heavy (non-hydrogen) atoms. The van der Waals surface area contributed by atoms with Gasteiger partial charge in [0.1, 0.15) is 0 Å². The van der Waals surface area contributed by atoms with Crippen molar-refractivity contribution < 1.29 is 0 Å². The largest absolute Gasteiger partial charge is 0.364 e. The van der Waals surface area contributed by atoms with E-state index >= 15 is 0 Å². The summed E-state index contributed by atoms with van der Waals surface area (Å²) >= 11 is 8.78. The van der Waals surface area contributed by atoms with Gasteiger partial charge in [-0.1, -0.05) is 34.5 Å². The molecule has 0 saturated heterocycles. The van der Waals surface area contributed by atoms with Crippen LogP contribution in [-0.2, 0) is 0 Å². The molecule has 0 saturated carbocycles. The fourth-order valence-electron chi connectivity index (χ4n) is 0.433. The second-order valence-electron chi connectivity index (χ2n) is 1.86. The van der Waals surface area contributed by atoms with Crippen molar-refractivity contribution in [1.29, 1.82) is 0 Å². The van der Waals surface area contributed by atoms with Crippen molar-refractivity contribution in [2.75, 3.05) is 5.33 Å². The quantitative estimate of drug-likeness (QED) is 0.436. The summed E-state index contributed by atoms with van der Waals surface area (Å²) < 4.78 is 0. The van der Waals surface area contributed by atoms with Crippen LogP contribution in [0.4, 0.5) is 0 Å². The first kappa shape index (κ1) is 10.3. The van der Waals surface area contributed by atoms with Gasteiger partial charge in [-0.2, -0.15) is 0 Å². The second-order valence-corrected chi connectivity index (χ2v) is 2.89. The molecule has 0 aliphatic heterocycles. The summed E-state index contributed by atoms with van der Waals surface area (Å²) in [6.07, 6.45) is 2.84. The third-order valence-electron chi connectivity index (χ3n) is 1.07. The number of hydrogen-bond donors (Lipinski definition) is 2. The maximum atomic E-state index is 5.44. The number of alkyl halides is 2. The average molecular weight is 228 g/mol. The lowest BCUT2D eigenvalue weighted by Crippen LogP contribution is -2.27. The van der Waals surface area contributed by atoms with Crippen LogP contribution >= 0.6 is 27.5 Å². The van der Waals surface area contributed by atoms with Gasteiger partial charge in [-0.25, -0.2) is 0 Å². The van der Waals surface area contributed by atoms with Gasteiger partial charge in [0.25, 0.3) is 0 Å². The van der Waals surface area contributed by atoms with Crippen LogP contribution in [0.25, 0.3) is 0 Å². The maximum Gasteiger partial charge on any atom is 0.152 e. The molecule has 0 rings (SSSR count).